The maximum atomic E-state index is 12.0. The monoisotopic (exact) mass is 314 g/mol. The van der Waals surface area contributed by atoms with Crippen LogP contribution in [0.4, 0.5) is 0 Å². The molecule has 1 atom stereocenters. The Balaban J connectivity index is 2.17. The SMILES string of the molecule is O=C1CCC(C(=O)c2cccc(I)c2)C1. The second-order valence-corrected chi connectivity index (χ2v) is 5.10. The highest BCUT2D eigenvalue weighted by molar-refractivity contribution is 14.1. The Morgan fingerprint density at radius 2 is 2.20 bits per heavy atom. The highest BCUT2D eigenvalue weighted by Crippen LogP contribution is 2.26. The van der Waals surface area contributed by atoms with Gasteiger partial charge in [0.25, 0.3) is 0 Å². The summed E-state index contributed by atoms with van der Waals surface area (Å²) in [5.74, 6) is 0.272. The number of hydrogen-bond acceptors (Lipinski definition) is 2. The van der Waals surface area contributed by atoms with Crippen molar-refractivity contribution >= 4 is 34.2 Å². The zero-order chi connectivity index (χ0) is 10.8. The van der Waals surface area contributed by atoms with Gasteiger partial charge in [0.15, 0.2) is 5.78 Å². The lowest BCUT2D eigenvalue weighted by molar-refractivity contribution is -0.117. The van der Waals surface area contributed by atoms with E-state index in [9.17, 15) is 9.59 Å². The maximum Gasteiger partial charge on any atom is 0.166 e. The van der Waals surface area contributed by atoms with Crippen LogP contribution in [0, 0.1) is 9.49 Å². The van der Waals surface area contributed by atoms with Crippen LogP contribution in [0.2, 0.25) is 0 Å². The van der Waals surface area contributed by atoms with E-state index in [4.69, 9.17) is 0 Å². The van der Waals surface area contributed by atoms with Crippen molar-refractivity contribution in [1.82, 2.24) is 0 Å². The summed E-state index contributed by atoms with van der Waals surface area (Å²) in [4.78, 5) is 23.1. The number of carbonyl (C=O) groups excluding carboxylic acids is 2. The Labute approximate surface area is 102 Å². The van der Waals surface area contributed by atoms with Gasteiger partial charge in [0.1, 0.15) is 5.78 Å². The molecule has 1 aliphatic rings. The van der Waals surface area contributed by atoms with Crippen molar-refractivity contribution in [3.05, 3.63) is 33.4 Å². The number of rotatable bonds is 2. The zero-order valence-corrected chi connectivity index (χ0v) is 10.4. The minimum atomic E-state index is -0.0734. The van der Waals surface area contributed by atoms with Gasteiger partial charge < -0.3 is 0 Å². The van der Waals surface area contributed by atoms with Crippen LogP contribution in [0.1, 0.15) is 29.6 Å². The van der Waals surface area contributed by atoms with Gasteiger partial charge in [0.05, 0.1) is 0 Å². The van der Waals surface area contributed by atoms with Gasteiger partial charge in [0.2, 0.25) is 0 Å². The van der Waals surface area contributed by atoms with Gasteiger partial charge in [-0.15, -0.1) is 0 Å². The van der Waals surface area contributed by atoms with E-state index in [1.165, 1.54) is 0 Å². The van der Waals surface area contributed by atoms with Crippen molar-refractivity contribution in [2.75, 3.05) is 0 Å². The summed E-state index contributed by atoms with van der Waals surface area (Å²) < 4.78 is 1.06. The van der Waals surface area contributed by atoms with E-state index in [0.29, 0.717) is 12.8 Å². The molecule has 0 aliphatic heterocycles. The summed E-state index contributed by atoms with van der Waals surface area (Å²) in [6.07, 6.45) is 1.73. The summed E-state index contributed by atoms with van der Waals surface area (Å²) in [5, 5.41) is 0. The summed E-state index contributed by atoms with van der Waals surface area (Å²) in [6, 6.07) is 7.54. The highest BCUT2D eigenvalue weighted by Gasteiger charge is 2.28. The number of Topliss-reactive ketones (excluding diaryl/α,β-unsaturated/α-hetero) is 2. The molecule has 0 N–H and O–H groups in total. The molecule has 1 aliphatic carbocycles. The molecular formula is C12H11IO2. The van der Waals surface area contributed by atoms with Gasteiger partial charge in [0, 0.05) is 27.9 Å². The van der Waals surface area contributed by atoms with Gasteiger partial charge in [-0.25, -0.2) is 0 Å². The molecule has 2 nitrogen and oxygen atoms in total. The Morgan fingerprint density at radius 1 is 1.40 bits per heavy atom. The van der Waals surface area contributed by atoms with Crippen LogP contribution >= 0.6 is 22.6 Å². The van der Waals surface area contributed by atoms with Crippen LogP contribution in [-0.2, 0) is 4.79 Å². The minimum absolute atomic E-state index is 0.0734. The van der Waals surface area contributed by atoms with Crippen LogP contribution in [0.3, 0.4) is 0 Å². The van der Waals surface area contributed by atoms with E-state index in [2.05, 4.69) is 22.6 Å². The van der Waals surface area contributed by atoms with E-state index in [0.717, 1.165) is 15.6 Å². The Hall–Kier alpha value is -0.710. The van der Waals surface area contributed by atoms with Crippen LogP contribution < -0.4 is 0 Å². The van der Waals surface area contributed by atoms with E-state index in [1.54, 1.807) is 0 Å². The van der Waals surface area contributed by atoms with E-state index < -0.39 is 0 Å². The molecule has 1 saturated carbocycles. The topological polar surface area (TPSA) is 34.1 Å². The van der Waals surface area contributed by atoms with Gasteiger partial charge in [-0.1, -0.05) is 12.1 Å². The minimum Gasteiger partial charge on any atom is -0.300 e. The largest absolute Gasteiger partial charge is 0.300 e. The van der Waals surface area contributed by atoms with Crippen LogP contribution in [0.5, 0.6) is 0 Å². The third-order valence-electron chi connectivity index (χ3n) is 2.73. The Morgan fingerprint density at radius 3 is 2.80 bits per heavy atom. The molecule has 0 amide bonds. The van der Waals surface area contributed by atoms with E-state index in [-0.39, 0.29) is 17.5 Å². The molecule has 0 radical (unpaired) electrons. The fourth-order valence-electron chi connectivity index (χ4n) is 1.92. The molecule has 2 rings (SSSR count). The number of benzene rings is 1. The predicted octanol–water partition coefficient (Wildman–Crippen LogP) is 2.84. The Kier molecular flexibility index (Phi) is 3.19. The lowest BCUT2D eigenvalue weighted by Gasteiger charge is -2.06. The highest BCUT2D eigenvalue weighted by atomic mass is 127. The average molecular weight is 314 g/mol. The third-order valence-corrected chi connectivity index (χ3v) is 3.40. The fourth-order valence-corrected chi connectivity index (χ4v) is 2.46. The van der Waals surface area contributed by atoms with Crippen molar-refractivity contribution in [3.8, 4) is 0 Å². The standard InChI is InChI=1S/C12H11IO2/c13-10-3-1-2-8(6-10)12(15)9-4-5-11(14)7-9/h1-3,6,9H,4-5,7H2. The van der Waals surface area contributed by atoms with Crippen molar-refractivity contribution < 1.29 is 9.59 Å². The van der Waals surface area contributed by atoms with Crippen molar-refractivity contribution in [2.24, 2.45) is 5.92 Å². The molecule has 0 bridgehead atoms. The van der Waals surface area contributed by atoms with E-state index in [1.807, 2.05) is 24.3 Å². The smallest absolute Gasteiger partial charge is 0.166 e. The molecular weight excluding hydrogens is 303 g/mol. The second kappa shape index (κ2) is 4.43. The van der Waals surface area contributed by atoms with Crippen molar-refractivity contribution in [1.29, 1.82) is 0 Å². The third kappa shape index (κ3) is 2.45. The lowest BCUT2D eigenvalue weighted by atomic mass is 9.96. The second-order valence-electron chi connectivity index (χ2n) is 3.85. The molecule has 3 heteroatoms. The number of carbonyl (C=O) groups is 2. The van der Waals surface area contributed by atoms with Crippen LogP contribution in [0.25, 0.3) is 0 Å². The molecule has 0 spiro atoms. The number of halogens is 1. The summed E-state index contributed by atoms with van der Waals surface area (Å²) in [6.45, 7) is 0. The molecule has 1 unspecified atom stereocenters. The maximum absolute atomic E-state index is 12.0. The summed E-state index contributed by atoms with van der Waals surface area (Å²) >= 11 is 2.19. The number of hydrogen-bond donors (Lipinski definition) is 0. The quantitative estimate of drug-likeness (QED) is 0.621. The molecule has 1 aromatic rings. The van der Waals surface area contributed by atoms with Gasteiger partial charge >= 0.3 is 0 Å². The fraction of sp³-hybridized carbons (Fsp3) is 0.333. The average Bonchev–Trinajstić information content (AvgIpc) is 2.64. The van der Waals surface area contributed by atoms with Crippen LogP contribution in [0.15, 0.2) is 24.3 Å². The molecule has 1 fully saturated rings. The van der Waals surface area contributed by atoms with E-state index >= 15 is 0 Å². The first-order chi connectivity index (χ1) is 7.16. The molecule has 0 aromatic heterocycles. The van der Waals surface area contributed by atoms with Crippen LogP contribution in [-0.4, -0.2) is 11.6 Å². The first-order valence-corrected chi connectivity index (χ1v) is 6.06. The number of ketones is 2. The first kappa shape index (κ1) is 10.8. The Bertz CT molecular complexity index is 412. The lowest BCUT2D eigenvalue weighted by Crippen LogP contribution is -2.11. The van der Waals surface area contributed by atoms with Crippen molar-refractivity contribution in [3.63, 3.8) is 0 Å². The zero-order valence-electron chi connectivity index (χ0n) is 8.20. The molecule has 0 saturated heterocycles. The van der Waals surface area contributed by atoms with Gasteiger partial charge in [-0.2, -0.15) is 0 Å². The summed E-state index contributed by atoms with van der Waals surface area (Å²) in [7, 11) is 0. The predicted molar refractivity (Wildman–Crippen MR) is 65.8 cm³/mol. The van der Waals surface area contributed by atoms with Gasteiger partial charge in [-0.05, 0) is 41.1 Å². The molecule has 0 heterocycles. The molecule has 15 heavy (non-hydrogen) atoms. The van der Waals surface area contributed by atoms with Crippen molar-refractivity contribution in [2.45, 2.75) is 19.3 Å². The van der Waals surface area contributed by atoms with Gasteiger partial charge in [-0.3, -0.25) is 9.59 Å². The normalized spacial score (nSPS) is 20.6. The molecule has 1 aromatic carbocycles. The summed E-state index contributed by atoms with van der Waals surface area (Å²) in [5.41, 5.74) is 0.738. The molecule has 78 valence electrons. The first-order valence-electron chi connectivity index (χ1n) is 4.98.